The van der Waals surface area contributed by atoms with Crippen LogP contribution in [0, 0.1) is 0 Å². The monoisotopic (exact) mass is 254 g/mol. The van der Waals surface area contributed by atoms with Gasteiger partial charge in [-0.05, 0) is 17.7 Å². The van der Waals surface area contributed by atoms with Crippen LogP contribution in [0.1, 0.15) is 0 Å². The van der Waals surface area contributed by atoms with Crippen LogP contribution in [0.2, 0.25) is 0 Å². The van der Waals surface area contributed by atoms with Gasteiger partial charge in [-0.25, -0.2) is 4.79 Å². The van der Waals surface area contributed by atoms with E-state index >= 15 is 0 Å². The van der Waals surface area contributed by atoms with Crippen molar-refractivity contribution in [2.24, 2.45) is 0 Å². The van der Waals surface area contributed by atoms with Gasteiger partial charge in [0.05, 0.1) is 0 Å². The number of aliphatic carboxylic acids is 1. The molecule has 3 heteroatoms. The predicted octanol–water partition coefficient (Wildman–Crippen LogP) is 3.37. The highest BCUT2D eigenvalue weighted by molar-refractivity contribution is 5.79. The largest absolute Gasteiger partial charge is 0.489 e. The molecule has 3 nitrogen and oxygen atoms in total. The van der Waals surface area contributed by atoms with Gasteiger partial charge < -0.3 is 9.84 Å². The SMILES string of the molecule is O=C(O)/C=C/COc1ccccc1-c1ccccc1. The van der Waals surface area contributed by atoms with Gasteiger partial charge in [-0.3, -0.25) is 0 Å². The molecule has 0 bridgehead atoms. The van der Waals surface area contributed by atoms with E-state index in [0.717, 1.165) is 23.0 Å². The quantitative estimate of drug-likeness (QED) is 0.832. The summed E-state index contributed by atoms with van der Waals surface area (Å²) in [5.74, 6) is -0.233. The first-order valence-corrected chi connectivity index (χ1v) is 5.94. The van der Waals surface area contributed by atoms with Crippen LogP contribution in [-0.4, -0.2) is 17.7 Å². The van der Waals surface area contributed by atoms with Crippen molar-refractivity contribution in [3.8, 4) is 16.9 Å². The van der Waals surface area contributed by atoms with Crippen molar-refractivity contribution in [2.75, 3.05) is 6.61 Å². The number of hydrogen-bond acceptors (Lipinski definition) is 2. The fraction of sp³-hybridized carbons (Fsp3) is 0.0625. The number of para-hydroxylation sites is 1. The van der Waals surface area contributed by atoms with Gasteiger partial charge in [0, 0.05) is 11.6 Å². The lowest BCUT2D eigenvalue weighted by molar-refractivity contribution is -0.131. The number of carboxylic acids is 1. The molecule has 19 heavy (non-hydrogen) atoms. The summed E-state index contributed by atoms with van der Waals surface area (Å²) in [5.41, 5.74) is 2.06. The lowest BCUT2D eigenvalue weighted by Gasteiger charge is -2.09. The minimum atomic E-state index is -0.972. The Balaban J connectivity index is 2.15. The summed E-state index contributed by atoms with van der Waals surface area (Å²) in [5, 5.41) is 8.50. The topological polar surface area (TPSA) is 46.5 Å². The van der Waals surface area contributed by atoms with Crippen molar-refractivity contribution in [2.45, 2.75) is 0 Å². The second-order valence-corrected chi connectivity index (χ2v) is 3.91. The smallest absolute Gasteiger partial charge is 0.328 e. The van der Waals surface area contributed by atoms with Crippen LogP contribution in [0.3, 0.4) is 0 Å². The number of ether oxygens (including phenoxy) is 1. The van der Waals surface area contributed by atoms with Crippen LogP contribution < -0.4 is 4.74 Å². The van der Waals surface area contributed by atoms with Crippen LogP contribution in [0.25, 0.3) is 11.1 Å². The van der Waals surface area contributed by atoms with Crippen LogP contribution in [-0.2, 0) is 4.79 Å². The second kappa shape index (κ2) is 6.40. The summed E-state index contributed by atoms with van der Waals surface area (Å²) >= 11 is 0. The Hall–Kier alpha value is -2.55. The number of hydrogen-bond donors (Lipinski definition) is 1. The highest BCUT2D eigenvalue weighted by Gasteiger charge is 2.04. The van der Waals surface area contributed by atoms with Gasteiger partial charge in [-0.1, -0.05) is 48.5 Å². The number of rotatable bonds is 5. The Kier molecular flexibility index (Phi) is 4.34. The van der Waals surface area contributed by atoms with E-state index in [2.05, 4.69) is 0 Å². The zero-order valence-electron chi connectivity index (χ0n) is 10.3. The molecule has 0 spiro atoms. The molecule has 0 aromatic heterocycles. The Labute approximate surface area is 111 Å². The van der Waals surface area contributed by atoms with Gasteiger partial charge in [-0.15, -0.1) is 0 Å². The molecule has 2 aromatic rings. The van der Waals surface area contributed by atoms with E-state index in [9.17, 15) is 4.79 Å². The predicted molar refractivity (Wildman–Crippen MR) is 74.1 cm³/mol. The Morgan fingerprint density at radius 2 is 1.74 bits per heavy atom. The maximum atomic E-state index is 10.4. The molecule has 1 N–H and O–H groups in total. The van der Waals surface area contributed by atoms with Crippen LogP contribution in [0.15, 0.2) is 66.7 Å². The molecule has 0 fully saturated rings. The molecule has 0 heterocycles. The third kappa shape index (κ3) is 3.71. The molecule has 96 valence electrons. The average Bonchev–Trinajstić information content (AvgIpc) is 2.45. The molecular formula is C16H14O3. The minimum absolute atomic E-state index is 0.232. The zero-order valence-corrected chi connectivity index (χ0v) is 10.3. The van der Waals surface area contributed by atoms with Crippen molar-refractivity contribution in [1.29, 1.82) is 0 Å². The summed E-state index contributed by atoms with van der Waals surface area (Å²) in [4.78, 5) is 10.4. The number of benzene rings is 2. The van der Waals surface area contributed by atoms with Gasteiger partial charge in [0.15, 0.2) is 0 Å². The molecule has 0 aliphatic carbocycles. The van der Waals surface area contributed by atoms with Crippen molar-refractivity contribution < 1.29 is 14.6 Å². The van der Waals surface area contributed by atoms with Crippen molar-refractivity contribution in [3.05, 3.63) is 66.7 Å². The summed E-state index contributed by atoms with van der Waals surface area (Å²) in [6.45, 7) is 0.232. The lowest BCUT2D eigenvalue weighted by atomic mass is 10.1. The van der Waals surface area contributed by atoms with E-state index in [1.807, 2.05) is 54.6 Å². The molecule has 0 saturated carbocycles. The molecule has 0 saturated heterocycles. The molecule has 0 radical (unpaired) electrons. The Morgan fingerprint density at radius 3 is 2.47 bits per heavy atom. The highest BCUT2D eigenvalue weighted by atomic mass is 16.5. The molecule has 2 aromatic carbocycles. The summed E-state index contributed by atoms with van der Waals surface area (Å²) in [6, 6.07) is 17.6. The molecule has 0 aliphatic rings. The van der Waals surface area contributed by atoms with E-state index in [-0.39, 0.29) is 6.61 Å². The summed E-state index contributed by atoms with van der Waals surface area (Å²) in [6.07, 6.45) is 2.55. The van der Waals surface area contributed by atoms with Crippen LogP contribution in [0.5, 0.6) is 5.75 Å². The first kappa shape index (κ1) is 12.9. The standard InChI is InChI=1S/C16H14O3/c17-16(18)11-6-12-19-15-10-5-4-9-14(15)13-7-2-1-3-8-13/h1-11H,12H2,(H,17,18)/b11-6+. The van der Waals surface area contributed by atoms with Gasteiger partial charge in [-0.2, -0.15) is 0 Å². The van der Waals surface area contributed by atoms with Gasteiger partial charge in [0.25, 0.3) is 0 Å². The summed E-state index contributed by atoms with van der Waals surface area (Å²) in [7, 11) is 0. The third-order valence-corrected chi connectivity index (χ3v) is 2.57. The lowest BCUT2D eigenvalue weighted by Crippen LogP contribution is -1.97. The normalized spacial score (nSPS) is 10.5. The average molecular weight is 254 g/mol. The second-order valence-electron chi connectivity index (χ2n) is 3.91. The van der Waals surface area contributed by atoms with Crippen molar-refractivity contribution >= 4 is 5.97 Å². The van der Waals surface area contributed by atoms with E-state index in [1.165, 1.54) is 6.08 Å². The Bertz CT molecular complexity index is 574. The number of carboxylic acid groups (broad SMARTS) is 1. The van der Waals surface area contributed by atoms with Gasteiger partial charge in [0.1, 0.15) is 12.4 Å². The molecule has 2 rings (SSSR count). The number of carbonyl (C=O) groups is 1. The third-order valence-electron chi connectivity index (χ3n) is 2.57. The zero-order chi connectivity index (χ0) is 13.5. The Morgan fingerprint density at radius 1 is 1.05 bits per heavy atom. The molecule has 0 atom stereocenters. The molecule has 0 aliphatic heterocycles. The molecule has 0 unspecified atom stereocenters. The molecule has 0 amide bonds. The first-order valence-electron chi connectivity index (χ1n) is 5.94. The fourth-order valence-electron chi connectivity index (χ4n) is 1.74. The van der Waals surface area contributed by atoms with Crippen molar-refractivity contribution in [3.63, 3.8) is 0 Å². The maximum absolute atomic E-state index is 10.4. The van der Waals surface area contributed by atoms with Crippen LogP contribution in [0.4, 0.5) is 0 Å². The minimum Gasteiger partial charge on any atom is -0.489 e. The molecular weight excluding hydrogens is 240 g/mol. The first-order chi connectivity index (χ1) is 9.27. The summed E-state index contributed by atoms with van der Waals surface area (Å²) < 4.78 is 5.59. The van der Waals surface area contributed by atoms with E-state index in [1.54, 1.807) is 0 Å². The van der Waals surface area contributed by atoms with E-state index in [0.29, 0.717) is 0 Å². The fourth-order valence-corrected chi connectivity index (χ4v) is 1.74. The maximum Gasteiger partial charge on any atom is 0.328 e. The van der Waals surface area contributed by atoms with Crippen LogP contribution >= 0.6 is 0 Å². The van der Waals surface area contributed by atoms with Crippen molar-refractivity contribution in [1.82, 2.24) is 0 Å². The van der Waals surface area contributed by atoms with E-state index < -0.39 is 5.97 Å². The van der Waals surface area contributed by atoms with Gasteiger partial charge in [0.2, 0.25) is 0 Å². The highest BCUT2D eigenvalue weighted by Crippen LogP contribution is 2.29. The van der Waals surface area contributed by atoms with Gasteiger partial charge >= 0.3 is 5.97 Å². The van der Waals surface area contributed by atoms with E-state index in [4.69, 9.17) is 9.84 Å².